The summed E-state index contributed by atoms with van der Waals surface area (Å²) in [7, 11) is -1.29. The van der Waals surface area contributed by atoms with Crippen molar-refractivity contribution < 1.29 is 8.42 Å². The lowest BCUT2D eigenvalue weighted by Crippen LogP contribution is -2.42. The standard InChI is InChI=1S/C14H30N4O2S/c1-6-18(21(5,19)20)10-7-9-16-13(15-4)17-11-8-14(2,3)12-17/h6-12H2,1-5H3,(H,15,16). The van der Waals surface area contributed by atoms with Crippen LogP contribution >= 0.6 is 0 Å². The van der Waals surface area contributed by atoms with E-state index in [1.807, 2.05) is 6.92 Å². The molecule has 0 aromatic rings. The molecule has 0 amide bonds. The maximum atomic E-state index is 11.5. The zero-order chi connectivity index (χ0) is 16.1. The van der Waals surface area contributed by atoms with Gasteiger partial charge in [0.1, 0.15) is 0 Å². The number of guanidine groups is 1. The number of hydrogen-bond donors (Lipinski definition) is 1. The van der Waals surface area contributed by atoms with Gasteiger partial charge in [-0.05, 0) is 18.3 Å². The van der Waals surface area contributed by atoms with E-state index in [-0.39, 0.29) is 0 Å². The molecule has 0 aromatic heterocycles. The molecule has 1 fully saturated rings. The Balaban J connectivity index is 2.37. The molecule has 1 rings (SSSR count). The lowest BCUT2D eigenvalue weighted by atomic mass is 9.93. The molecule has 1 heterocycles. The van der Waals surface area contributed by atoms with Crippen molar-refractivity contribution in [3.63, 3.8) is 0 Å². The van der Waals surface area contributed by atoms with Gasteiger partial charge in [0.05, 0.1) is 6.26 Å². The number of hydrogen-bond acceptors (Lipinski definition) is 3. The minimum atomic E-state index is -3.09. The maximum Gasteiger partial charge on any atom is 0.211 e. The third-order valence-electron chi connectivity index (χ3n) is 3.88. The highest BCUT2D eigenvalue weighted by molar-refractivity contribution is 7.88. The van der Waals surface area contributed by atoms with Crippen LogP contribution in [0.3, 0.4) is 0 Å². The normalized spacial score (nSPS) is 19.3. The minimum absolute atomic E-state index is 0.340. The summed E-state index contributed by atoms with van der Waals surface area (Å²) in [5, 5.41) is 3.33. The first-order valence-electron chi connectivity index (χ1n) is 7.60. The van der Waals surface area contributed by atoms with Crippen molar-refractivity contribution in [2.75, 3.05) is 46.0 Å². The van der Waals surface area contributed by atoms with E-state index in [2.05, 4.69) is 29.1 Å². The quantitative estimate of drug-likeness (QED) is 0.450. The second-order valence-corrected chi connectivity index (χ2v) is 8.40. The van der Waals surface area contributed by atoms with Crippen LogP contribution in [0.2, 0.25) is 0 Å². The fourth-order valence-electron chi connectivity index (χ4n) is 2.64. The average Bonchev–Trinajstić information content (AvgIpc) is 2.72. The van der Waals surface area contributed by atoms with Gasteiger partial charge in [-0.25, -0.2) is 12.7 Å². The van der Waals surface area contributed by atoms with Crippen molar-refractivity contribution in [2.45, 2.75) is 33.6 Å². The third-order valence-corrected chi connectivity index (χ3v) is 5.26. The number of nitrogens with zero attached hydrogens (tertiary/aromatic N) is 3. The van der Waals surface area contributed by atoms with Crippen LogP contribution in [0, 0.1) is 5.41 Å². The van der Waals surface area contributed by atoms with Gasteiger partial charge in [0.25, 0.3) is 0 Å². The Morgan fingerprint density at radius 3 is 2.52 bits per heavy atom. The minimum Gasteiger partial charge on any atom is -0.356 e. The first-order valence-corrected chi connectivity index (χ1v) is 9.45. The molecule has 1 aliphatic heterocycles. The van der Waals surface area contributed by atoms with Crippen molar-refractivity contribution in [2.24, 2.45) is 10.4 Å². The van der Waals surface area contributed by atoms with Crippen LogP contribution in [0.5, 0.6) is 0 Å². The summed E-state index contributed by atoms with van der Waals surface area (Å²) >= 11 is 0. The number of aliphatic imine (C=N–C) groups is 1. The first kappa shape index (κ1) is 18.2. The molecule has 6 nitrogen and oxygen atoms in total. The zero-order valence-electron chi connectivity index (χ0n) is 14.0. The van der Waals surface area contributed by atoms with Crippen molar-refractivity contribution in [3.05, 3.63) is 0 Å². The van der Waals surface area contributed by atoms with E-state index in [1.165, 1.54) is 17.0 Å². The van der Waals surface area contributed by atoms with Crippen LogP contribution in [-0.2, 0) is 10.0 Å². The molecule has 0 unspecified atom stereocenters. The van der Waals surface area contributed by atoms with E-state index in [9.17, 15) is 8.42 Å². The van der Waals surface area contributed by atoms with E-state index in [0.29, 0.717) is 18.5 Å². The Morgan fingerprint density at radius 1 is 1.43 bits per heavy atom. The summed E-state index contributed by atoms with van der Waals surface area (Å²) in [4.78, 5) is 6.59. The summed E-state index contributed by atoms with van der Waals surface area (Å²) in [5.41, 5.74) is 0.340. The van der Waals surface area contributed by atoms with Gasteiger partial charge >= 0.3 is 0 Å². The average molecular weight is 318 g/mol. The number of sulfonamides is 1. The van der Waals surface area contributed by atoms with Crippen molar-refractivity contribution in [3.8, 4) is 0 Å². The highest BCUT2D eigenvalue weighted by Gasteiger charge is 2.30. The lowest BCUT2D eigenvalue weighted by molar-refractivity contribution is 0.369. The number of likely N-dealkylation sites (tertiary alicyclic amines) is 1. The van der Waals surface area contributed by atoms with E-state index in [4.69, 9.17) is 0 Å². The molecular weight excluding hydrogens is 288 g/mol. The Bertz CT molecular complexity index is 460. The van der Waals surface area contributed by atoms with E-state index in [0.717, 1.165) is 32.0 Å². The summed E-state index contributed by atoms with van der Waals surface area (Å²) in [6, 6.07) is 0. The molecule has 1 N–H and O–H groups in total. The molecule has 1 saturated heterocycles. The van der Waals surface area contributed by atoms with Gasteiger partial charge in [0.15, 0.2) is 5.96 Å². The van der Waals surface area contributed by atoms with Crippen molar-refractivity contribution in [1.82, 2.24) is 14.5 Å². The van der Waals surface area contributed by atoms with Crippen LogP contribution in [-0.4, -0.2) is 69.6 Å². The Kier molecular flexibility index (Phi) is 6.46. The highest BCUT2D eigenvalue weighted by Crippen LogP contribution is 2.28. The van der Waals surface area contributed by atoms with Crippen LogP contribution < -0.4 is 5.32 Å². The summed E-state index contributed by atoms with van der Waals surface area (Å²) in [6.07, 6.45) is 3.21. The van der Waals surface area contributed by atoms with Crippen LogP contribution in [0.25, 0.3) is 0 Å². The molecule has 0 aromatic carbocycles. The van der Waals surface area contributed by atoms with Gasteiger partial charge in [0, 0.05) is 39.8 Å². The van der Waals surface area contributed by atoms with Gasteiger partial charge in [-0.1, -0.05) is 20.8 Å². The van der Waals surface area contributed by atoms with Gasteiger partial charge in [-0.3, -0.25) is 4.99 Å². The molecule has 0 radical (unpaired) electrons. The van der Waals surface area contributed by atoms with Gasteiger partial charge < -0.3 is 10.2 Å². The van der Waals surface area contributed by atoms with E-state index < -0.39 is 10.0 Å². The number of nitrogens with one attached hydrogen (secondary N) is 1. The molecular formula is C14H30N4O2S. The van der Waals surface area contributed by atoms with Gasteiger partial charge in [-0.2, -0.15) is 0 Å². The zero-order valence-corrected chi connectivity index (χ0v) is 14.8. The second-order valence-electron chi connectivity index (χ2n) is 6.42. The monoisotopic (exact) mass is 318 g/mol. The predicted molar refractivity (Wildman–Crippen MR) is 88.0 cm³/mol. The van der Waals surface area contributed by atoms with Crippen molar-refractivity contribution >= 4 is 16.0 Å². The molecule has 0 bridgehead atoms. The first-order chi connectivity index (χ1) is 9.69. The predicted octanol–water partition coefficient (Wildman–Crippen LogP) is 0.965. The van der Waals surface area contributed by atoms with E-state index >= 15 is 0 Å². The van der Waals surface area contributed by atoms with Crippen LogP contribution in [0.15, 0.2) is 4.99 Å². The molecule has 1 aliphatic rings. The van der Waals surface area contributed by atoms with Crippen LogP contribution in [0.4, 0.5) is 0 Å². The lowest BCUT2D eigenvalue weighted by Gasteiger charge is -2.24. The maximum absolute atomic E-state index is 11.5. The Hall–Kier alpha value is -0.820. The molecule has 0 spiro atoms. The molecule has 21 heavy (non-hydrogen) atoms. The molecule has 0 atom stereocenters. The van der Waals surface area contributed by atoms with Crippen molar-refractivity contribution in [1.29, 1.82) is 0 Å². The molecule has 0 aliphatic carbocycles. The SMILES string of the molecule is CCN(CCCNC(=NC)N1CCC(C)(C)C1)S(C)(=O)=O. The Labute approximate surface area is 129 Å². The summed E-state index contributed by atoms with van der Waals surface area (Å²) < 4.78 is 24.5. The third kappa shape index (κ3) is 5.82. The Morgan fingerprint density at radius 2 is 2.10 bits per heavy atom. The van der Waals surface area contributed by atoms with E-state index in [1.54, 1.807) is 7.05 Å². The second kappa shape index (κ2) is 7.45. The fraction of sp³-hybridized carbons (Fsp3) is 0.929. The summed E-state index contributed by atoms with van der Waals surface area (Å²) in [6.45, 7) is 10.2. The molecule has 7 heteroatoms. The smallest absolute Gasteiger partial charge is 0.211 e. The number of rotatable bonds is 6. The van der Waals surface area contributed by atoms with Gasteiger partial charge in [-0.15, -0.1) is 0 Å². The highest BCUT2D eigenvalue weighted by atomic mass is 32.2. The topological polar surface area (TPSA) is 65.0 Å². The molecule has 0 saturated carbocycles. The van der Waals surface area contributed by atoms with Gasteiger partial charge in [0.2, 0.25) is 10.0 Å². The van der Waals surface area contributed by atoms with Crippen LogP contribution in [0.1, 0.15) is 33.6 Å². The molecule has 124 valence electrons. The largest absolute Gasteiger partial charge is 0.356 e. The summed E-state index contributed by atoms with van der Waals surface area (Å²) in [5.74, 6) is 0.919. The fourth-order valence-corrected chi connectivity index (χ4v) is 3.57.